The zero-order valence-corrected chi connectivity index (χ0v) is 24.8. The molecule has 43 heavy (non-hydrogen) atoms. The highest BCUT2D eigenvalue weighted by molar-refractivity contribution is 6.05. The third-order valence-electron chi connectivity index (χ3n) is 7.19. The molecule has 4 rings (SSSR count). The number of allylic oxidation sites excluding steroid dienone is 2. The molecule has 12 heteroatoms. The molecule has 5 N–H and O–H groups in total. The minimum absolute atomic E-state index is 0.0666. The Bertz CT molecular complexity index is 1620. The van der Waals surface area contributed by atoms with E-state index in [1.165, 1.54) is 25.3 Å². The Morgan fingerprint density at radius 1 is 1.16 bits per heavy atom. The zero-order chi connectivity index (χ0) is 31.6. The number of carbonyl (C=O) groups excluding carboxylic acids is 2. The topological polar surface area (TPSA) is 180 Å². The molecule has 0 aliphatic carbocycles. The molecule has 2 unspecified atom stereocenters. The number of amides is 2. The number of phenolic OH excluding ortho intramolecular Hbond substituents is 1. The van der Waals surface area contributed by atoms with Crippen LogP contribution in [0.25, 0.3) is 11.0 Å². The van der Waals surface area contributed by atoms with Gasteiger partial charge in [-0.1, -0.05) is 11.6 Å². The maximum Gasteiger partial charge on any atom is 0.404 e. The molecule has 1 aliphatic heterocycles. The second-order valence-corrected chi connectivity index (χ2v) is 11.1. The molecule has 3 aromatic rings. The Hall–Kier alpha value is -4.39. The van der Waals surface area contributed by atoms with Gasteiger partial charge in [0.25, 0.3) is 5.91 Å². The number of carbonyl (C=O) groups is 2. The molecule has 1 saturated heterocycles. The number of primary amides is 1. The van der Waals surface area contributed by atoms with Gasteiger partial charge >= 0.3 is 11.7 Å². The lowest BCUT2D eigenvalue weighted by atomic mass is 9.89. The second kappa shape index (κ2) is 12.5. The van der Waals surface area contributed by atoms with E-state index in [9.17, 15) is 24.6 Å². The van der Waals surface area contributed by atoms with Crippen LogP contribution in [0.1, 0.15) is 49.2 Å². The lowest BCUT2D eigenvalue weighted by Gasteiger charge is -2.47. The summed E-state index contributed by atoms with van der Waals surface area (Å²) in [4.78, 5) is 37.4. The van der Waals surface area contributed by atoms with Crippen LogP contribution in [0.15, 0.2) is 57.3 Å². The number of aliphatic hydroxyl groups excluding tert-OH is 1. The highest BCUT2D eigenvalue weighted by atomic mass is 16.7. The summed E-state index contributed by atoms with van der Waals surface area (Å²) in [6, 6.07) is 9.15. The fourth-order valence-electron chi connectivity index (χ4n) is 4.99. The van der Waals surface area contributed by atoms with Gasteiger partial charge in [0.15, 0.2) is 12.2 Å². The van der Waals surface area contributed by atoms with Crippen molar-refractivity contribution >= 4 is 28.7 Å². The molecule has 2 aromatic carbocycles. The first-order valence-electron chi connectivity index (χ1n) is 13.6. The van der Waals surface area contributed by atoms with Crippen molar-refractivity contribution < 1.29 is 43.2 Å². The minimum Gasteiger partial charge on any atom is -0.508 e. The van der Waals surface area contributed by atoms with Gasteiger partial charge in [-0.05, 0) is 83.0 Å². The summed E-state index contributed by atoms with van der Waals surface area (Å²) in [6.07, 6.45) is -3.50. The number of hydrogen-bond acceptors (Lipinski definition) is 10. The lowest BCUT2D eigenvalue weighted by molar-refractivity contribution is -0.304. The van der Waals surface area contributed by atoms with Gasteiger partial charge in [-0.2, -0.15) is 0 Å². The molecule has 1 aliphatic rings. The monoisotopic (exact) mass is 596 g/mol. The van der Waals surface area contributed by atoms with Crippen molar-refractivity contribution in [1.29, 1.82) is 0 Å². The molecule has 4 atom stereocenters. The largest absolute Gasteiger partial charge is 0.508 e. The van der Waals surface area contributed by atoms with Crippen LogP contribution >= 0.6 is 0 Å². The molecule has 0 bridgehead atoms. The average Bonchev–Trinajstić information content (AvgIpc) is 2.92. The molecule has 1 aromatic heterocycles. The number of benzene rings is 2. The van der Waals surface area contributed by atoms with Crippen LogP contribution < -0.4 is 21.4 Å². The van der Waals surface area contributed by atoms with Gasteiger partial charge < -0.3 is 44.6 Å². The highest BCUT2D eigenvalue weighted by Crippen LogP contribution is 2.36. The number of fused-ring (bicyclic) bond motifs is 1. The van der Waals surface area contributed by atoms with Gasteiger partial charge in [-0.25, -0.2) is 9.59 Å². The van der Waals surface area contributed by atoms with Crippen molar-refractivity contribution in [1.82, 2.24) is 0 Å². The van der Waals surface area contributed by atoms with E-state index in [0.717, 1.165) is 5.57 Å². The van der Waals surface area contributed by atoms with Crippen molar-refractivity contribution in [2.45, 2.75) is 71.2 Å². The first kappa shape index (κ1) is 31.5. The molecule has 2 amide bonds. The summed E-state index contributed by atoms with van der Waals surface area (Å²) in [5, 5.41) is 24.2. The zero-order valence-electron chi connectivity index (χ0n) is 24.8. The Labute approximate surface area is 248 Å². The standard InChI is InChI=1S/C31H36N2O10/c1-15(2)7-8-17-13-19(9-11-21(17)34)27(36)33-20-14-18-10-12-22(16(3)24(18)41-28(20)37)40-29-23(35)25(42-30(32)38)26(39-6)31(4,5)43-29/h7,9-14,23,25-26,29,34-35H,8H2,1-6H3,(H2,32,38)(H,33,36)/t23-,25+,26?,29?/m0/s1. The summed E-state index contributed by atoms with van der Waals surface area (Å²) in [7, 11) is 1.39. The van der Waals surface area contributed by atoms with Crippen molar-refractivity contribution in [3.63, 3.8) is 0 Å². The van der Waals surface area contributed by atoms with E-state index < -0.39 is 47.8 Å². The van der Waals surface area contributed by atoms with E-state index in [-0.39, 0.29) is 28.3 Å². The predicted octanol–water partition coefficient (Wildman–Crippen LogP) is 3.92. The molecule has 1 fully saturated rings. The summed E-state index contributed by atoms with van der Waals surface area (Å²) in [6.45, 7) is 8.89. The fraction of sp³-hybridized carbons (Fsp3) is 0.387. The van der Waals surface area contributed by atoms with Crippen molar-refractivity contribution in [2.24, 2.45) is 5.73 Å². The number of phenols is 1. The first-order valence-corrected chi connectivity index (χ1v) is 13.6. The number of anilines is 1. The Morgan fingerprint density at radius 3 is 2.53 bits per heavy atom. The second-order valence-electron chi connectivity index (χ2n) is 11.1. The molecule has 0 spiro atoms. The van der Waals surface area contributed by atoms with Crippen molar-refractivity contribution in [2.75, 3.05) is 12.4 Å². The number of ether oxygens (including phenoxy) is 4. The molecule has 0 saturated carbocycles. The van der Waals surface area contributed by atoms with Gasteiger partial charge in [0.2, 0.25) is 6.29 Å². The summed E-state index contributed by atoms with van der Waals surface area (Å²) in [5.41, 5.74) is 5.81. The molecule has 0 radical (unpaired) electrons. The maximum absolute atomic E-state index is 13.0. The third kappa shape index (κ3) is 6.82. The number of rotatable bonds is 8. The van der Waals surface area contributed by atoms with Gasteiger partial charge in [0, 0.05) is 23.6 Å². The van der Waals surface area contributed by atoms with E-state index in [2.05, 4.69) is 5.32 Å². The molecular weight excluding hydrogens is 560 g/mol. The first-order chi connectivity index (χ1) is 20.2. The van der Waals surface area contributed by atoms with Crippen molar-refractivity contribution in [3.05, 3.63) is 75.2 Å². The van der Waals surface area contributed by atoms with Crippen LogP contribution in [0.5, 0.6) is 11.5 Å². The van der Waals surface area contributed by atoms with Crippen LogP contribution in [-0.4, -0.2) is 59.5 Å². The van der Waals surface area contributed by atoms with Crippen molar-refractivity contribution in [3.8, 4) is 11.5 Å². The quantitative estimate of drug-likeness (QED) is 0.220. The van der Waals surface area contributed by atoms with Crippen LogP contribution in [-0.2, 0) is 20.6 Å². The van der Waals surface area contributed by atoms with E-state index in [4.69, 9.17) is 29.1 Å². The summed E-state index contributed by atoms with van der Waals surface area (Å²) < 4.78 is 28.0. The molecule has 12 nitrogen and oxygen atoms in total. The SMILES string of the molecule is COC1[C@H](OC(N)=O)[C@H](O)C(Oc2ccc3cc(NC(=O)c4ccc(O)c(CC=C(C)C)c4)c(=O)oc3c2C)OC1(C)C. The van der Waals surface area contributed by atoms with Crippen LogP contribution in [0, 0.1) is 6.92 Å². The molecular formula is C31H36N2O10. The maximum atomic E-state index is 13.0. The normalized spacial score (nSPS) is 21.2. The van der Waals surface area contributed by atoms with E-state index in [1.54, 1.807) is 39.0 Å². The van der Waals surface area contributed by atoms with E-state index >= 15 is 0 Å². The molecule has 230 valence electrons. The number of aliphatic hydroxyl groups is 1. The number of hydrogen-bond donors (Lipinski definition) is 4. The molecule has 2 heterocycles. The minimum atomic E-state index is -1.47. The number of aryl methyl sites for hydroxylation is 1. The van der Waals surface area contributed by atoms with Gasteiger partial charge in [-0.3, -0.25) is 4.79 Å². The van der Waals surface area contributed by atoms with Gasteiger partial charge in [0.05, 0.1) is 5.60 Å². The highest BCUT2D eigenvalue weighted by Gasteiger charge is 2.53. The van der Waals surface area contributed by atoms with Gasteiger partial charge in [-0.15, -0.1) is 0 Å². The lowest BCUT2D eigenvalue weighted by Crippen LogP contribution is -2.65. The third-order valence-corrected chi connectivity index (χ3v) is 7.19. The smallest absolute Gasteiger partial charge is 0.404 e. The number of methoxy groups -OCH3 is 1. The Morgan fingerprint density at radius 2 is 1.88 bits per heavy atom. The summed E-state index contributed by atoms with van der Waals surface area (Å²) in [5.74, 6) is -0.249. The van der Waals surface area contributed by atoms with Crippen LogP contribution in [0.3, 0.4) is 0 Å². The summed E-state index contributed by atoms with van der Waals surface area (Å²) >= 11 is 0. The average molecular weight is 597 g/mol. The fourth-order valence-corrected chi connectivity index (χ4v) is 4.99. The Kier molecular flexibility index (Phi) is 9.14. The number of nitrogens with one attached hydrogen (secondary N) is 1. The van der Waals surface area contributed by atoms with Gasteiger partial charge in [0.1, 0.15) is 28.9 Å². The van der Waals surface area contributed by atoms with Crippen LogP contribution in [0.2, 0.25) is 0 Å². The Balaban J connectivity index is 1.58. The number of nitrogens with two attached hydrogens (primary N) is 1. The van der Waals surface area contributed by atoms with Crippen LogP contribution in [0.4, 0.5) is 10.5 Å². The number of aromatic hydroxyl groups is 1. The van der Waals surface area contributed by atoms with E-state index in [0.29, 0.717) is 22.9 Å². The van der Waals surface area contributed by atoms with E-state index in [1.807, 2.05) is 19.9 Å². The predicted molar refractivity (Wildman–Crippen MR) is 157 cm³/mol.